The van der Waals surface area contributed by atoms with Crippen LogP contribution in [0.2, 0.25) is 0 Å². The van der Waals surface area contributed by atoms with Crippen molar-refractivity contribution >= 4 is 11.3 Å². The van der Waals surface area contributed by atoms with Gasteiger partial charge in [-0.05, 0) is 61.9 Å². The molecule has 0 bridgehead atoms. The first-order chi connectivity index (χ1) is 9.60. The monoisotopic (exact) mass is 287 g/mol. The number of fused-ring (bicyclic) bond motifs is 1. The molecular weight excluding hydrogens is 266 g/mol. The van der Waals surface area contributed by atoms with Gasteiger partial charge in [0.25, 0.3) is 0 Å². The SMILES string of the molecule is COc1cc(C)cc(C)c1C(N)c1cc2c(s1)CCC2. The number of thiophene rings is 1. The van der Waals surface area contributed by atoms with Gasteiger partial charge >= 0.3 is 0 Å². The van der Waals surface area contributed by atoms with Crippen molar-refractivity contribution in [3.63, 3.8) is 0 Å². The number of benzene rings is 1. The van der Waals surface area contributed by atoms with Crippen molar-refractivity contribution in [1.82, 2.24) is 0 Å². The third-order valence-corrected chi connectivity index (χ3v) is 5.42. The summed E-state index contributed by atoms with van der Waals surface area (Å²) >= 11 is 1.88. The van der Waals surface area contributed by atoms with Crippen molar-refractivity contribution in [3.05, 3.63) is 50.2 Å². The molecule has 3 rings (SSSR count). The molecule has 1 aliphatic carbocycles. The van der Waals surface area contributed by atoms with Crippen LogP contribution in [0.25, 0.3) is 0 Å². The number of methoxy groups -OCH3 is 1. The molecule has 1 aliphatic rings. The topological polar surface area (TPSA) is 35.2 Å². The van der Waals surface area contributed by atoms with Crippen LogP contribution in [0.4, 0.5) is 0 Å². The van der Waals surface area contributed by atoms with Gasteiger partial charge in [-0.15, -0.1) is 11.3 Å². The maximum absolute atomic E-state index is 6.54. The second kappa shape index (κ2) is 5.23. The molecule has 106 valence electrons. The molecule has 3 heteroatoms. The first-order valence-electron chi connectivity index (χ1n) is 7.12. The third kappa shape index (κ3) is 2.25. The van der Waals surface area contributed by atoms with E-state index in [0.29, 0.717) is 0 Å². The van der Waals surface area contributed by atoms with Crippen molar-refractivity contribution in [3.8, 4) is 5.75 Å². The molecular formula is C17H21NOS. The van der Waals surface area contributed by atoms with Crippen LogP contribution < -0.4 is 10.5 Å². The Morgan fingerprint density at radius 2 is 2.00 bits per heavy atom. The Hall–Kier alpha value is -1.32. The zero-order valence-electron chi connectivity index (χ0n) is 12.3. The van der Waals surface area contributed by atoms with E-state index in [1.807, 2.05) is 11.3 Å². The summed E-state index contributed by atoms with van der Waals surface area (Å²) in [6.07, 6.45) is 3.73. The smallest absolute Gasteiger partial charge is 0.124 e. The maximum atomic E-state index is 6.54. The van der Waals surface area contributed by atoms with Gasteiger partial charge in [-0.3, -0.25) is 0 Å². The van der Waals surface area contributed by atoms with Gasteiger partial charge < -0.3 is 10.5 Å². The van der Waals surface area contributed by atoms with Gasteiger partial charge in [0, 0.05) is 15.3 Å². The minimum Gasteiger partial charge on any atom is -0.496 e. The number of hydrogen-bond acceptors (Lipinski definition) is 3. The molecule has 0 aliphatic heterocycles. The average Bonchev–Trinajstić information content (AvgIpc) is 2.97. The zero-order chi connectivity index (χ0) is 14.3. The second-order valence-electron chi connectivity index (χ2n) is 5.63. The predicted molar refractivity (Wildman–Crippen MR) is 84.8 cm³/mol. The Balaban J connectivity index is 2.03. The van der Waals surface area contributed by atoms with Crippen molar-refractivity contribution in [1.29, 1.82) is 0 Å². The van der Waals surface area contributed by atoms with Gasteiger partial charge in [-0.25, -0.2) is 0 Å². The van der Waals surface area contributed by atoms with Crippen molar-refractivity contribution in [2.75, 3.05) is 7.11 Å². The predicted octanol–water partition coefficient (Wildman–Crippen LogP) is 3.91. The lowest BCUT2D eigenvalue weighted by Gasteiger charge is -2.18. The van der Waals surface area contributed by atoms with Crippen molar-refractivity contribution in [2.24, 2.45) is 5.73 Å². The van der Waals surface area contributed by atoms with E-state index in [4.69, 9.17) is 10.5 Å². The number of ether oxygens (including phenoxy) is 1. The van der Waals surface area contributed by atoms with Crippen LogP contribution >= 0.6 is 11.3 Å². The molecule has 1 aromatic heterocycles. The quantitative estimate of drug-likeness (QED) is 0.929. The van der Waals surface area contributed by atoms with E-state index in [1.54, 1.807) is 7.11 Å². The second-order valence-corrected chi connectivity index (χ2v) is 6.79. The van der Waals surface area contributed by atoms with Gasteiger partial charge in [-0.2, -0.15) is 0 Å². The van der Waals surface area contributed by atoms with Crippen LogP contribution in [0.1, 0.15) is 44.5 Å². The third-order valence-electron chi connectivity index (χ3n) is 4.10. The van der Waals surface area contributed by atoms with Crippen LogP contribution in [-0.2, 0) is 12.8 Å². The van der Waals surface area contributed by atoms with Crippen LogP contribution in [-0.4, -0.2) is 7.11 Å². The molecule has 1 atom stereocenters. The molecule has 1 aromatic carbocycles. The fourth-order valence-corrected chi connectivity index (χ4v) is 4.42. The van der Waals surface area contributed by atoms with Crippen LogP contribution in [0, 0.1) is 13.8 Å². The molecule has 0 amide bonds. The highest BCUT2D eigenvalue weighted by Crippen LogP contribution is 2.38. The lowest BCUT2D eigenvalue weighted by Crippen LogP contribution is -2.13. The Morgan fingerprint density at radius 1 is 1.20 bits per heavy atom. The van der Waals surface area contributed by atoms with E-state index < -0.39 is 0 Å². The van der Waals surface area contributed by atoms with Gasteiger partial charge in [0.05, 0.1) is 13.2 Å². The number of aryl methyl sites for hydroxylation is 4. The van der Waals surface area contributed by atoms with Crippen LogP contribution in [0.3, 0.4) is 0 Å². The average molecular weight is 287 g/mol. The maximum Gasteiger partial charge on any atom is 0.124 e. The summed E-state index contributed by atoms with van der Waals surface area (Å²) in [5, 5.41) is 0. The minimum atomic E-state index is -0.0823. The largest absolute Gasteiger partial charge is 0.496 e. The highest BCUT2D eigenvalue weighted by atomic mass is 32.1. The molecule has 0 spiro atoms. The van der Waals surface area contributed by atoms with Crippen LogP contribution in [0.5, 0.6) is 5.75 Å². The van der Waals surface area contributed by atoms with Gasteiger partial charge in [0.2, 0.25) is 0 Å². The van der Waals surface area contributed by atoms with E-state index in [-0.39, 0.29) is 6.04 Å². The lowest BCUT2D eigenvalue weighted by atomic mass is 9.97. The summed E-state index contributed by atoms with van der Waals surface area (Å²) in [6, 6.07) is 6.47. The molecule has 0 saturated carbocycles. The molecule has 1 heterocycles. The molecule has 0 fully saturated rings. The Kier molecular flexibility index (Phi) is 3.57. The summed E-state index contributed by atoms with van der Waals surface area (Å²) in [7, 11) is 1.72. The summed E-state index contributed by atoms with van der Waals surface area (Å²) in [5.41, 5.74) is 11.6. The van der Waals surface area contributed by atoms with E-state index in [9.17, 15) is 0 Å². The molecule has 20 heavy (non-hydrogen) atoms. The highest BCUT2D eigenvalue weighted by Gasteiger charge is 2.22. The normalized spacial score (nSPS) is 15.2. The minimum absolute atomic E-state index is 0.0823. The summed E-state index contributed by atoms with van der Waals surface area (Å²) in [4.78, 5) is 2.79. The molecule has 0 saturated heterocycles. The number of hydrogen-bond donors (Lipinski definition) is 1. The van der Waals surface area contributed by atoms with Gasteiger partial charge in [-0.1, -0.05) is 6.07 Å². The lowest BCUT2D eigenvalue weighted by molar-refractivity contribution is 0.407. The summed E-state index contributed by atoms with van der Waals surface area (Å²) in [6.45, 7) is 4.20. The summed E-state index contributed by atoms with van der Waals surface area (Å²) in [5.74, 6) is 0.906. The number of rotatable bonds is 3. The van der Waals surface area contributed by atoms with Crippen LogP contribution in [0.15, 0.2) is 18.2 Å². The van der Waals surface area contributed by atoms with Crippen molar-refractivity contribution < 1.29 is 4.74 Å². The Bertz CT molecular complexity index is 623. The molecule has 2 nitrogen and oxygen atoms in total. The Labute approximate surface area is 124 Å². The Morgan fingerprint density at radius 3 is 2.70 bits per heavy atom. The molecule has 1 unspecified atom stereocenters. The zero-order valence-corrected chi connectivity index (χ0v) is 13.1. The summed E-state index contributed by atoms with van der Waals surface area (Å²) < 4.78 is 5.55. The first-order valence-corrected chi connectivity index (χ1v) is 7.94. The van der Waals surface area contributed by atoms with E-state index >= 15 is 0 Å². The first kappa shape index (κ1) is 13.7. The van der Waals surface area contributed by atoms with E-state index in [2.05, 4.69) is 32.0 Å². The molecule has 0 radical (unpaired) electrons. The highest BCUT2D eigenvalue weighted by molar-refractivity contribution is 7.12. The molecule has 2 aromatic rings. The van der Waals surface area contributed by atoms with E-state index in [0.717, 1.165) is 11.3 Å². The van der Waals surface area contributed by atoms with Gasteiger partial charge in [0.1, 0.15) is 5.75 Å². The molecule has 2 N–H and O–H groups in total. The van der Waals surface area contributed by atoms with Crippen molar-refractivity contribution in [2.45, 2.75) is 39.2 Å². The van der Waals surface area contributed by atoms with E-state index in [1.165, 1.54) is 45.7 Å². The fourth-order valence-electron chi connectivity index (χ4n) is 3.15. The van der Waals surface area contributed by atoms with Gasteiger partial charge in [0.15, 0.2) is 0 Å². The number of nitrogens with two attached hydrogens (primary N) is 1. The standard InChI is InChI=1S/C17H21NOS/c1-10-7-11(2)16(13(8-10)19-3)17(18)15-9-12-5-4-6-14(12)20-15/h7-9,17H,4-6,18H2,1-3H3. The fraction of sp³-hybridized carbons (Fsp3) is 0.412.